The van der Waals surface area contributed by atoms with Crippen molar-refractivity contribution in [2.45, 2.75) is 97.8 Å². The molecule has 6 aromatic rings. The third kappa shape index (κ3) is 9.01. The number of amides is 2. The number of nitrogens with one attached hydrogen (secondary N) is 1. The van der Waals surface area contributed by atoms with Crippen molar-refractivity contribution in [1.29, 1.82) is 0 Å². The number of imidazole rings is 2. The second-order valence-corrected chi connectivity index (χ2v) is 17.1. The Morgan fingerprint density at radius 1 is 0.766 bits per heavy atom. The van der Waals surface area contributed by atoms with Crippen LogP contribution in [0.5, 0.6) is 0 Å². The van der Waals surface area contributed by atoms with Crippen LogP contribution in [0.1, 0.15) is 112 Å². The fraction of sp³-hybridized carbons (Fsp3) is 0.396. The Balaban J connectivity index is 0.995. The molecule has 0 radical (unpaired) electrons. The summed E-state index contributed by atoms with van der Waals surface area (Å²) in [6.07, 6.45) is 6.78. The fourth-order valence-electron chi connectivity index (χ4n) is 10.0. The highest BCUT2D eigenvalue weighted by Crippen LogP contribution is 2.40. The first kappa shape index (κ1) is 44.6. The van der Waals surface area contributed by atoms with Gasteiger partial charge in [-0.1, -0.05) is 138 Å². The zero-order valence-corrected chi connectivity index (χ0v) is 38.2. The molecule has 2 N–H and O–H groups in total. The molecule has 1 aliphatic carbocycles. The van der Waals surface area contributed by atoms with Crippen molar-refractivity contribution in [3.63, 3.8) is 0 Å². The monoisotopic (exact) mass is 861 g/mol. The lowest BCUT2D eigenvalue weighted by Gasteiger charge is -2.34. The van der Waals surface area contributed by atoms with E-state index in [1.807, 2.05) is 76.7 Å². The molecule has 0 bridgehead atoms. The molecular weight excluding hydrogens is 797 g/mol. The minimum Gasteiger partial charge on any atom is -0.427 e. The van der Waals surface area contributed by atoms with Crippen molar-refractivity contribution >= 4 is 11.8 Å². The van der Waals surface area contributed by atoms with Gasteiger partial charge in [0.2, 0.25) is 11.8 Å². The maximum atomic E-state index is 14.5. The lowest BCUT2D eigenvalue weighted by Crippen LogP contribution is -2.43. The minimum atomic E-state index is -0.392. The number of aryl methyl sites for hydroxylation is 1. The van der Waals surface area contributed by atoms with Gasteiger partial charge in [-0.3, -0.25) is 19.4 Å². The van der Waals surface area contributed by atoms with Crippen LogP contribution in [0.25, 0.3) is 33.6 Å². The van der Waals surface area contributed by atoms with E-state index in [0.29, 0.717) is 31.9 Å². The first-order valence-corrected chi connectivity index (χ1v) is 23.5. The number of H-pyrrole nitrogens is 1. The van der Waals surface area contributed by atoms with E-state index in [0.717, 1.165) is 115 Å². The van der Waals surface area contributed by atoms with E-state index in [9.17, 15) is 14.8 Å². The van der Waals surface area contributed by atoms with Gasteiger partial charge in [0.15, 0.2) is 5.82 Å². The van der Waals surface area contributed by atoms with E-state index in [-0.39, 0.29) is 23.9 Å². The Hall–Kier alpha value is -6.04. The van der Waals surface area contributed by atoms with Gasteiger partial charge >= 0.3 is 0 Å². The molecule has 3 atom stereocenters. The molecule has 1 saturated heterocycles. The number of benzene rings is 4. The number of carbonyl (C=O) groups is 2. The predicted molar refractivity (Wildman–Crippen MR) is 253 cm³/mol. The molecule has 1 aliphatic heterocycles. The number of rotatable bonds is 17. The van der Waals surface area contributed by atoms with Crippen molar-refractivity contribution in [3.05, 3.63) is 143 Å². The van der Waals surface area contributed by atoms with Gasteiger partial charge in [0, 0.05) is 18.7 Å². The molecule has 2 amide bonds. The van der Waals surface area contributed by atoms with E-state index >= 15 is 0 Å². The molecular formula is C53H64N8O3. The summed E-state index contributed by atoms with van der Waals surface area (Å²) in [5.74, 6) is 1.47. The molecule has 11 heteroatoms. The summed E-state index contributed by atoms with van der Waals surface area (Å²) in [4.78, 5) is 50.5. The van der Waals surface area contributed by atoms with Crippen LogP contribution in [-0.2, 0) is 29.0 Å². The maximum absolute atomic E-state index is 14.5. The summed E-state index contributed by atoms with van der Waals surface area (Å²) in [6, 6.07) is 34.2. The molecule has 1 fully saturated rings. The Kier molecular flexibility index (Phi) is 14.1. The number of hydrogen-bond acceptors (Lipinski definition) is 7. The summed E-state index contributed by atoms with van der Waals surface area (Å²) in [6.45, 7) is 15.3. The molecule has 2 aliphatic rings. The van der Waals surface area contributed by atoms with Crippen molar-refractivity contribution in [1.82, 2.24) is 39.3 Å². The van der Waals surface area contributed by atoms with Gasteiger partial charge in [0.05, 0.1) is 35.9 Å². The quantitative estimate of drug-likeness (QED) is 0.0879. The van der Waals surface area contributed by atoms with Crippen LogP contribution in [0.4, 0.5) is 0 Å². The van der Waals surface area contributed by atoms with Crippen molar-refractivity contribution in [2.24, 2.45) is 0 Å². The average Bonchev–Trinajstić information content (AvgIpc) is 4.06. The lowest BCUT2D eigenvalue weighted by molar-refractivity contribution is -0.139. The van der Waals surface area contributed by atoms with E-state index in [1.54, 1.807) is 0 Å². The molecule has 1 unspecified atom stereocenters. The van der Waals surface area contributed by atoms with Crippen molar-refractivity contribution in [2.75, 3.05) is 39.3 Å². The molecule has 11 nitrogen and oxygen atoms in total. The van der Waals surface area contributed by atoms with Gasteiger partial charge in [-0.05, 0) is 98.1 Å². The largest absolute Gasteiger partial charge is 0.427 e. The zero-order valence-electron chi connectivity index (χ0n) is 38.2. The van der Waals surface area contributed by atoms with Crippen LogP contribution in [0.2, 0.25) is 0 Å². The number of likely N-dealkylation sites (N-methyl/N-ethyl adjacent to an activating group) is 2. The standard InChI is InChI=1S/C53H64N8O3/c1-6-32-59(52(62)49(57(7-2)8-3)39-19-13-11-14-20-39)36-47-54-35-44(55-47)38-28-26-37(27-29-38)41-30-31-43-42(34-41)23-17-24-45-48(43)56-51(61(45)64)46-25-18-33-60(46)53(63)50(58(9-4)10-5)40-21-15-12-16-22-40/h11-16,19-22,26-31,34-35,46,49-50,64H,6-10,17-18,23-25,32-33,36H2,1-5H3,(H,54,55)/t46?,49-,50-/m1/s1. The Morgan fingerprint density at radius 2 is 1.39 bits per heavy atom. The predicted octanol–water partition coefficient (Wildman–Crippen LogP) is 9.90. The number of hydrogen-bond donors (Lipinski definition) is 2. The van der Waals surface area contributed by atoms with E-state index in [2.05, 4.69) is 91.9 Å². The highest BCUT2D eigenvalue weighted by Gasteiger charge is 2.40. The summed E-state index contributed by atoms with van der Waals surface area (Å²) >= 11 is 0. The third-order valence-corrected chi connectivity index (χ3v) is 13.4. The number of aromatic nitrogens is 4. The summed E-state index contributed by atoms with van der Waals surface area (Å²) in [5.41, 5.74) is 10.0. The second-order valence-electron chi connectivity index (χ2n) is 17.1. The molecule has 0 spiro atoms. The number of nitrogens with zero attached hydrogens (tertiary/aromatic N) is 7. The molecule has 4 aromatic carbocycles. The Bertz CT molecular complexity index is 2490. The van der Waals surface area contributed by atoms with Crippen LogP contribution in [0.15, 0.2) is 109 Å². The molecule has 0 saturated carbocycles. The van der Waals surface area contributed by atoms with Gasteiger partial charge in [0.1, 0.15) is 17.9 Å². The Morgan fingerprint density at radius 3 is 2.05 bits per heavy atom. The van der Waals surface area contributed by atoms with Crippen LogP contribution < -0.4 is 0 Å². The lowest BCUT2D eigenvalue weighted by atomic mass is 9.95. The van der Waals surface area contributed by atoms with Crippen molar-refractivity contribution < 1.29 is 14.8 Å². The maximum Gasteiger partial charge on any atom is 0.245 e. The van der Waals surface area contributed by atoms with Crippen LogP contribution >= 0.6 is 0 Å². The topological polar surface area (TPSA) is 114 Å². The molecule has 2 aromatic heterocycles. The highest BCUT2D eigenvalue weighted by molar-refractivity contribution is 5.84. The van der Waals surface area contributed by atoms with Crippen LogP contribution in [0.3, 0.4) is 0 Å². The SMILES string of the molecule is CCCN(Cc1ncc(-c2ccc(-c3ccc4c(c3)CCCc3c-4nc(C4CCCN4C(=O)[C@@H](c4ccccc4)N(CC)CC)n3O)cc2)[nH]1)C(=O)[C@@H](c1ccccc1)N(CC)CC. The highest BCUT2D eigenvalue weighted by atomic mass is 16.5. The Labute approximate surface area is 378 Å². The molecule has 8 rings (SSSR count). The smallest absolute Gasteiger partial charge is 0.245 e. The first-order chi connectivity index (χ1) is 31.3. The number of aromatic amines is 1. The minimum absolute atomic E-state index is 0.0633. The van der Waals surface area contributed by atoms with Crippen LogP contribution in [-0.4, -0.2) is 95.6 Å². The molecule has 334 valence electrons. The average molecular weight is 861 g/mol. The van der Waals surface area contributed by atoms with Gasteiger partial charge < -0.3 is 20.0 Å². The zero-order chi connectivity index (χ0) is 44.7. The fourth-order valence-corrected chi connectivity index (χ4v) is 10.0. The number of fused-ring (bicyclic) bond motifs is 3. The number of likely N-dealkylation sites (tertiary alicyclic amines) is 1. The van der Waals surface area contributed by atoms with Gasteiger partial charge in [-0.2, -0.15) is 4.73 Å². The molecule has 64 heavy (non-hydrogen) atoms. The van der Waals surface area contributed by atoms with Gasteiger partial charge in [-0.15, -0.1) is 0 Å². The third-order valence-electron chi connectivity index (χ3n) is 13.4. The van der Waals surface area contributed by atoms with Crippen molar-refractivity contribution in [3.8, 4) is 33.6 Å². The summed E-state index contributed by atoms with van der Waals surface area (Å²) in [5, 5.41) is 11.8. The van der Waals surface area contributed by atoms with E-state index < -0.39 is 6.04 Å². The van der Waals surface area contributed by atoms with Crippen LogP contribution in [0, 0.1) is 0 Å². The summed E-state index contributed by atoms with van der Waals surface area (Å²) in [7, 11) is 0. The second kappa shape index (κ2) is 20.2. The van der Waals surface area contributed by atoms with E-state index in [1.165, 1.54) is 10.3 Å². The van der Waals surface area contributed by atoms with Gasteiger partial charge in [0.25, 0.3) is 0 Å². The van der Waals surface area contributed by atoms with Gasteiger partial charge in [-0.25, -0.2) is 9.97 Å². The molecule has 3 heterocycles. The normalized spacial score (nSPS) is 15.8. The first-order valence-electron chi connectivity index (χ1n) is 23.5. The summed E-state index contributed by atoms with van der Waals surface area (Å²) < 4.78 is 1.30. The number of carbonyl (C=O) groups excluding carboxylic acids is 2. The van der Waals surface area contributed by atoms with E-state index in [4.69, 9.17) is 9.97 Å².